The highest BCUT2D eigenvalue weighted by atomic mass is 35.5. The molecule has 1 N–H and O–H groups in total. The summed E-state index contributed by atoms with van der Waals surface area (Å²) in [6.07, 6.45) is 4.93. The van der Waals surface area contributed by atoms with Crippen molar-refractivity contribution in [1.29, 1.82) is 5.26 Å². The molecule has 0 spiro atoms. The fourth-order valence-electron chi connectivity index (χ4n) is 6.90. The highest BCUT2D eigenvalue weighted by Crippen LogP contribution is 2.45. The molecule has 1 unspecified atom stereocenters. The van der Waals surface area contributed by atoms with E-state index in [1.54, 1.807) is 4.90 Å². The van der Waals surface area contributed by atoms with Crippen LogP contribution < -0.4 is 10.5 Å². The van der Waals surface area contributed by atoms with Gasteiger partial charge in [-0.25, -0.2) is 13.8 Å². The van der Waals surface area contributed by atoms with E-state index in [2.05, 4.69) is 17.6 Å². The van der Waals surface area contributed by atoms with Crippen molar-refractivity contribution in [3.8, 4) is 23.1 Å². The Kier molecular flexibility index (Phi) is 9.58. The first kappa shape index (κ1) is 35.2. The van der Waals surface area contributed by atoms with Crippen molar-refractivity contribution in [2.45, 2.75) is 52.7 Å². The molecule has 1 amide bonds. The van der Waals surface area contributed by atoms with E-state index < -0.39 is 44.2 Å². The average Bonchev–Trinajstić information content (AvgIpc) is 3.03. The molecule has 48 heavy (non-hydrogen) atoms. The number of halogens is 5. The third-order valence-corrected chi connectivity index (χ3v) is 9.99. The zero-order chi connectivity index (χ0) is 35.5. The van der Waals surface area contributed by atoms with Gasteiger partial charge in [-0.3, -0.25) is 14.2 Å². The van der Waals surface area contributed by atoms with Crippen LogP contribution in [0.1, 0.15) is 40.2 Å². The van der Waals surface area contributed by atoms with Gasteiger partial charge in [0.15, 0.2) is 17.4 Å². The van der Waals surface area contributed by atoms with Gasteiger partial charge in [-0.05, 0) is 56.7 Å². The van der Waals surface area contributed by atoms with E-state index in [-0.39, 0.29) is 70.3 Å². The maximum atomic E-state index is 15.6. The van der Waals surface area contributed by atoms with E-state index in [9.17, 15) is 20.0 Å². The van der Waals surface area contributed by atoms with Crippen molar-refractivity contribution in [1.82, 2.24) is 19.4 Å². The molecule has 252 valence electrons. The van der Waals surface area contributed by atoms with Crippen LogP contribution >= 0.6 is 34.8 Å². The molecule has 1 aromatic carbocycles. The van der Waals surface area contributed by atoms with Crippen molar-refractivity contribution in [3.63, 3.8) is 0 Å². The molecule has 3 atom stereocenters. The van der Waals surface area contributed by atoms with Gasteiger partial charge in [-0.15, -0.1) is 0 Å². The number of nitriles is 1. The summed E-state index contributed by atoms with van der Waals surface area (Å²) in [6, 6.07) is 2.43. The molecule has 2 aliphatic rings. The van der Waals surface area contributed by atoms with Gasteiger partial charge >= 0.3 is 0 Å². The smallest absolute Gasteiger partial charge is 0.276 e. The number of rotatable bonds is 5. The number of fused-ring (bicyclic) bond motifs is 1. The van der Waals surface area contributed by atoms with Crippen LogP contribution in [-0.2, 0) is 4.79 Å². The van der Waals surface area contributed by atoms with Crippen LogP contribution in [0.15, 0.2) is 41.4 Å². The first-order valence-electron chi connectivity index (χ1n) is 15.1. The number of carbonyl (C=O) groups is 1. The van der Waals surface area contributed by atoms with Crippen LogP contribution in [0, 0.1) is 28.9 Å². The molecule has 5 rings (SSSR count). The summed E-state index contributed by atoms with van der Waals surface area (Å²) in [5.74, 6) is -4.14. The van der Waals surface area contributed by atoms with E-state index in [4.69, 9.17) is 34.8 Å². The third-order valence-electron chi connectivity index (χ3n) is 8.88. The van der Waals surface area contributed by atoms with E-state index in [1.807, 2.05) is 63.7 Å². The molecule has 14 heteroatoms. The van der Waals surface area contributed by atoms with Gasteiger partial charge in [-0.2, -0.15) is 5.26 Å². The third kappa shape index (κ3) is 5.50. The van der Waals surface area contributed by atoms with E-state index in [0.717, 1.165) is 0 Å². The number of carbonyl (C=O) groups excluding carboxylic acids is 1. The minimum atomic E-state index is -1.44. The van der Waals surface area contributed by atoms with Crippen LogP contribution in [0.4, 0.5) is 14.5 Å². The quantitative estimate of drug-likeness (QED) is 0.169. The second-order valence-corrected chi connectivity index (χ2v) is 13.6. The Morgan fingerprint density at radius 3 is 2.35 bits per heavy atom. The number of amides is 1. The highest BCUT2D eigenvalue weighted by molar-refractivity contribution is 6.43. The molecular formula is C34H33Cl3F2N6O3. The van der Waals surface area contributed by atoms with Gasteiger partial charge in [0.05, 0.1) is 38.7 Å². The van der Waals surface area contributed by atoms with Gasteiger partial charge in [0.1, 0.15) is 22.3 Å². The van der Waals surface area contributed by atoms with Gasteiger partial charge < -0.3 is 19.8 Å². The van der Waals surface area contributed by atoms with Crippen molar-refractivity contribution < 1.29 is 18.7 Å². The summed E-state index contributed by atoms with van der Waals surface area (Å²) >= 11 is 18.6. The van der Waals surface area contributed by atoms with Crippen LogP contribution in [-0.4, -0.2) is 68.6 Å². The summed E-state index contributed by atoms with van der Waals surface area (Å²) in [4.78, 5) is 37.4. The zero-order valence-electron chi connectivity index (χ0n) is 27.1. The monoisotopic (exact) mass is 716 g/mol. The number of phenols is 1. The Balaban J connectivity index is 1.94. The van der Waals surface area contributed by atoms with Crippen molar-refractivity contribution in [2.75, 3.05) is 25.0 Å². The molecule has 0 aliphatic carbocycles. The standard InChI is InChI=1S/C34H33Cl3F2N6O3/c1-8-22(46)44-17(5)13-43(14-18(44)6)31-19-11-21(35)28(23-26(38)24(36)25(37)32(47)27(23)39)41-33(19)45(34(48)20(31)12-40)30-16(4)9-10-42(7)29(30)15(2)3/h8-11,15,17-18,29,47H,1,13-14H2,2-7H3/t17-,18+,29?. The summed E-state index contributed by atoms with van der Waals surface area (Å²) in [5, 5.41) is 19.5. The average molecular weight is 718 g/mol. The van der Waals surface area contributed by atoms with E-state index in [1.165, 1.54) is 16.7 Å². The van der Waals surface area contributed by atoms with Gasteiger partial charge in [0.2, 0.25) is 5.91 Å². The molecule has 2 aliphatic heterocycles. The fourth-order valence-corrected chi connectivity index (χ4v) is 7.49. The molecule has 2 aromatic heterocycles. The normalized spacial score (nSPS) is 19.8. The zero-order valence-corrected chi connectivity index (χ0v) is 29.3. The molecule has 1 saturated heterocycles. The number of likely N-dealkylation sites (N-methyl/N-ethyl adjacent to an activating group) is 1. The first-order chi connectivity index (χ1) is 22.6. The number of allylic oxidation sites excluding steroid dienone is 2. The Morgan fingerprint density at radius 2 is 1.79 bits per heavy atom. The fraction of sp³-hybridized carbons (Fsp3) is 0.353. The number of hydrogen-bond acceptors (Lipinski definition) is 7. The van der Waals surface area contributed by atoms with Gasteiger partial charge in [0, 0.05) is 37.6 Å². The number of anilines is 1. The summed E-state index contributed by atoms with van der Waals surface area (Å²) in [5.41, 5.74) is -0.790. The number of aromatic nitrogens is 2. The highest BCUT2D eigenvalue weighted by Gasteiger charge is 2.37. The number of aromatic hydroxyl groups is 1. The summed E-state index contributed by atoms with van der Waals surface area (Å²) < 4.78 is 32.5. The van der Waals surface area contributed by atoms with Crippen LogP contribution in [0.5, 0.6) is 5.75 Å². The van der Waals surface area contributed by atoms with Gasteiger partial charge in [0.25, 0.3) is 5.56 Å². The van der Waals surface area contributed by atoms with Crippen LogP contribution in [0.25, 0.3) is 28.0 Å². The minimum absolute atomic E-state index is 0.0358. The topological polar surface area (TPSA) is 106 Å². The number of benzene rings is 1. The lowest BCUT2D eigenvalue weighted by Crippen LogP contribution is -2.58. The lowest BCUT2D eigenvalue weighted by Gasteiger charge is -2.45. The van der Waals surface area contributed by atoms with Crippen molar-refractivity contribution >= 4 is 63.1 Å². The maximum Gasteiger partial charge on any atom is 0.276 e. The molecule has 3 aromatic rings. The largest absolute Gasteiger partial charge is 0.504 e. The number of phenolic OH excluding ortho intramolecular Hbond substituents is 1. The molecular weight excluding hydrogens is 685 g/mol. The van der Waals surface area contributed by atoms with Crippen LogP contribution in [0.3, 0.4) is 0 Å². The first-order valence-corrected chi connectivity index (χ1v) is 16.3. The molecule has 0 radical (unpaired) electrons. The number of nitrogens with zero attached hydrogens (tertiary/aromatic N) is 6. The maximum absolute atomic E-state index is 15.6. The molecule has 0 saturated carbocycles. The molecule has 0 bridgehead atoms. The lowest BCUT2D eigenvalue weighted by atomic mass is 9.93. The minimum Gasteiger partial charge on any atom is -0.504 e. The second kappa shape index (κ2) is 13.1. The predicted octanol–water partition coefficient (Wildman–Crippen LogP) is 7.21. The summed E-state index contributed by atoms with van der Waals surface area (Å²) in [6.45, 7) is 13.5. The van der Waals surface area contributed by atoms with Crippen molar-refractivity contribution in [3.05, 3.63) is 79.2 Å². The molecule has 4 heterocycles. The number of pyridine rings is 2. The van der Waals surface area contributed by atoms with E-state index in [0.29, 0.717) is 11.3 Å². The van der Waals surface area contributed by atoms with Crippen LogP contribution in [0.2, 0.25) is 15.1 Å². The van der Waals surface area contributed by atoms with Gasteiger partial charge in [-0.1, -0.05) is 55.2 Å². The van der Waals surface area contributed by atoms with E-state index >= 15 is 8.78 Å². The lowest BCUT2D eigenvalue weighted by molar-refractivity contribution is -0.130. The molecule has 9 nitrogen and oxygen atoms in total. The Bertz CT molecular complexity index is 2010. The Labute approximate surface area is 291 Å². The Hall–Kier alpha value is -4.11. The SMILES string of the molecule is C=CC(=O)N1[C@H](C)CN(c2c(C#N)c(=O)n(C3=C(C)C=CN(C)C3C(C)C)c3nc(-c4c(F)c(O)c(Cl)c(Cl)c4F)c(Cl)cc23)C[C@@H]1C. The Morgan fingerprint density at radius 1 is 1.17 bits per heavy atom. The number of piperazine rings is 1. The van der Waals surface area contributed by atoms with Crippen molar-refractivity contribution in [2.24, 2.45) is 5.92 Å². The molecule has 1 fully saturated rings. The summed E-state index contributed by atoms with van der Waals surface area (Å²) in [7, 11) is 1.85. The second-order valence-electron chi connectivity index (χ2n) is 12.4. The number of hydrogen-bond donors (Lipinski definition) is 1. The predicted molar refractivity (Wildman–Crippen MR) is 185 cm³/mol.